The van der Waals surface area contributed by atoms with Crippen LogP contribution in [0.25, 0.3) is 0 Å². The lowest BCUT2D eigenvalue weighted by Crippen LogP contribution is -2.45. The number of ether oxygens (including phenoxy) is 1. The van der Waals surface area contributed by atoms with Crippen LogP contribution in [0.2, 0.25) is 0 Å². The molecule has 1 atom stereocenters. The zero-order chi connectivity index (χ0) is 20.3. The number of rotatable bonds is 9. The Morgan fingerprint density at radius 3 is 2.67 bits per heavy atom. The summed E-state index contributed by atoms with van der Waals surface area (Å²) in [6.45, 7) is 3.97. The number of carbonyl (C=O) groups is 1. The highest BCUT2D eigenvalue weighted by atomic mass is 127. The van der Waals surface area contributed by atoms with Gasteiger partial charge in [-0.1, -0.05) is 43.2 Å². The number of nitrogens with zero attached hydrogens (tertiary/aromatic N) is 2. The maximum Gasteiger partial charge on any atom is 0.225 e. The van der Waals surface area contributed by atoms with Gasteiger partial charge in [-0.25, -0.2) is 0 Å². The van der Waals surface area contributed by atoms with Crippen molar-refractivity contribution in [1.82, 2.24) is 15.5 Å². The third-order valence-corrected chi connectivity index (χ3v) is 5.90. The van der Waals surface area contributed by atoms with Crippen LogP contribution in [0, 0.1) is 5.92 Å². The van der Waals surface area contributed by atoms with E-state index < -0.39 is 0 Å². The molecule has 2 N–H and O–H groups in total. The highest BCUT2D eigenvalue weighted by Crippen LogP contribution is 2.27. The summed E-state index contributed by atoms with van der Waals surface area (Å²) in [6.07, 6.45) is 7.44. The molecule has 168 valence electrons. The Balaban J connectivity index is 0.00000320. The lowest BCUT2D eigenvalue weighted by Gasteiger charge is -2.21. The topological polar surface area (TPSA) is 66.0 Å². The molecule has 1 aromatic rings. The summed E-state index contributed by atoms with van der Waals surface area (Å²) in [7, 11) is 1.79. The van der Waals surface area contributed by atoms with E-state index in [1.807, 2.05) is 11.0 Å². The molecule has 2 aliphatic rings. The molecule has 1 aromatic carbocycles. The number of carbonyl (C=O) groups excluding carboxylic acids is 1. The zero-order valence-electron chi connectivity index (χ0n) is 18.1. The average Bonchev–Trinajstić information content (AvgIpc) is 3.45. The van der Waals surface area contributed by atoms with E-state index in [1.165, 1.54) is 18.4 Å². The van der Waals surface area contributed by atoms with Crippen LogP contribution in [-0.4, -0.2) is 62.7 Å². The summed E-state index contributed by atoms with van der Waals surface area (Å²) in [5, 5.41) is 6.83. The van der Waals surface area contributed by atoms with Crippen molar-refractivity contribution in [1.29, 1.82) is 0 Å². The van der Waals surface area contributed by atoms with Gasteiger partial charge in [0, 0.05) is 45.2 Å². The van der Waals surface area contributed by atoms with Crippen molar-refractivity contribution in [3.63, 3.8) is 0 Å². The summed E-state index contributed by atoms with van der Waals surface area (Å²) in [4.78, 5) is 18.9. The van der Waals surface area contributed by atoms with Gasteiger partial charge in [-0.2, -0.15) is 0 Å². The summed E-state index contributed by atoms with van der Waals surface area (Å²) in [6, 6.07) is 10.7. The average molecular weight is 528 g/mol. The molecule has 1 unspecified atom stereocenters. The molecule has 3 rings (SSSR count). The Bertz CT molecular complexity index is 650. The van der Waals surface area contributed by atoms with Crippen molar-refractivity contribution >= 4 is 35.8 Å². The van der Waals surface area contributed by atoms with Gasteiger partial charge in [0.25, 0.3) is 0 Å². The summed E-state index contributed by atoms with van der Waals surface area (Å²) in [5.74, 6) is 1.45. The number of hydrogen-bond donors (Lipinski definition) is 2. The first-order valence-corrected chi connectivity index (χ1v) is 11.1. The van der Waals surface area contributed by atoms with E-state index in [0.717, 1.165) is 70.9 Å². The minimum Gasteiger partial charge on any atom is -0.381 e. The zero-order valence-corrected chi connectivity index (χ0v) is 20.5. The van der Waals surface area contributed by atoms with E-state index in [9.17, 15) is 4.79 Å². The second-order valence-electron chi connectivity index (χ2n) is 8.10. The molecule has 0 radical (unpaired) electrons. The maximum atomic E-state index is 12.6. The SMILES string of the molecule is CN=C(NCCCOCCc1ccccc1)NC1CCN(C(=O)C2CCCC2)C1.I. The number of halogens is 1. The standard InChI is InChI=1S/C23H36N4O2.HI/c1-24-23(25-14-7-16-29-17-13-19-8-3-2-4-9-19)26-21-12-15-27(18-21)22(28)20-10-5-6-11-20;/h2-4,8-9,20-21H,5-7,10-18H2,1H3,(H2,24,25,26);1H. The van der Waals surface area contributed by atoms with Gasteiger partial charge in [-0.3, -0.25) is 9.79 Å². The highest BCUT2D eigenvalue weighted by Gasteiger charge is 2.32. The van der Waals surface area contributed by atoms with Crippen LogP contribution in [0.4, 0.5) is 0 Å². The monoisotopic (exact) mass is 528 g/mol. The van der Waals surface area contributed by atoms with Gasteiger partial charge in [-0.15, -0.1) is 24.0 Å². The number of nitrogens with one attached hydrogen (secondary N) is 2. The van der Waals surface area contributed by atoms with Crippen LogP contribution in [0.1, 0.15) is 44.1 Å². The molecule has 0 bridgehead atoms. The summed E-state index contributed by atoms with van der Waals surface area (Å²) >= 11 is 0. The van der Waals surface area contributed by atoms with Crippen LogP contribution < -0.4 is 10.6 Å². The first kappa shape index (κ1) is 24.9. The minimum absolute atomic E-state index is 0. The van der Waals surface area contributed by atoms with Gasteiger partial charge in [0.15, 0.2) is 5.96 Å². The van der Waals surface area contributed by atoms with E-state index >= 15 is 0 Å². The van der Waals surface area contributed by atoms with E-state index in [1.54, 1.807) is 7.05 Å². The Morgan fingerprint density at radius 2 is 1.93 bits per heavy atom. The van der Waals surface area contributed by atoms with E-state index in [2.05, 4.69) is 39.9 Å². The van der Waals surface area contributed by atoms with Crippen molar-refractivity contribution in [2.24, 2.45) is 10.9 Å². The number of hydrogen-bond acceptors (Lipinski definition) is 3. The number of likely N-dealkylation sites (tertiary alicyclic amines) is 1. The fourth-order valence-corrected chi connectivity index (χ4v) is 4.21. The van der Waals surface area contributed by atoms with Gasteiger partial charge >= 0.3 is 0 Å². The number of guanidine groups is 1. The van der Waals surface area contributed by atoms with Crippen molar-refractivity contribution < 1.29 is 9.53 Å². The van der Waals surface area contributed by atoms with Gasteiger partial charge in [0.05, 0.1) is 6.61 Å². The fraction of sp³-hybridized carbons (Fsp3) is 0.652. The largest absolute Gasteiger partial charge is 0.381 e. The molecule has 0 spiro atoms. The summed E-state index contributed by atoms with van der Waals surface area (Å²) in [5.41, 5.74) is 1.31. The lowest BCUT2D eigenvalue weighted by atomic mass is 10.1. The quantitative estimate of drug-likeness (QED) is 0.224. The minimum atomic E-state index is 0. The van der Waals surface area contributed by atoms with E-state index in [0.29, 0.717) is 5.91 Å². The molecule has 6 nitrogen and oxygen atoms in total. The molecular weight excluding hydrogens is 491 g/mol. The van der Waals surface area contributed by atoms with Gasteiger partial charge in [0.2, 0.25) is 5.91 Å². The first-order valence-electron chi connectivity index (χ1n) is 11.1. The molecule has 7 heteroatoms. The van der Waals surface area contributed by atoms with Gasteiger partial charge < -0.3 is 20.3 Å². The first-order chi connectivity index (χ1) is 14.3. The van der Waals surface area contributed by atoms with Crippen molar-refractivity contribution in [2.75, 3.05) is 39.9 Å². The Kier molecular flexibility index (Phi) is 11.5. The molecule has 1 saturated carbocycles. The smallest absolute Gasteiger partial charge is 0.225 e. The lowest BCUT2D eigenvalue weighted by molar-refractivity contribution is -0.134. The molecule has 2 fully saturated rings. The van der Waals surface area contributed by atoms with Crippen LogP contribution in [0.5, 0.6) is 0 Å². The predicted molar refractivity (Wildman–Crippen MR) is 132 cm³/mol. The van der Waals surface area contributed by atoms with Crippen molar-refractivity contribution in [3.8, 4) is 0 Å². The molecule has 1 amide bonds. The van der Waals surface area contributed by atoms with E-state index in [4.69, 9.17) is 4.74 Å². The molecule has 0 aromatic heterocycles. The number of amides is 1. The normalized spacial score (nSPS) is 19.6. The third-order valence-electron chi connectivity index (χ3n) is 5.90. The Morgan fingerprint density at radius 1 is 1.17 bits per heavy atom. The predicted octanol–water partition coefficient (Wildman–Crippen LogP) is 3.21. The van der Waals surface area contributed by atoms with Gasteiger partial charge in [0.1, 0.15) is 0 Å². The molecule has 1 heterocycles. The van der Waals surface area contributed by atoms with Crippen LogP contribution in [0.3, 0.4) is 0 Å². The third kappa shape index (κ3) is 8.06. The van der Waals surface area contributed by atoms with Gasteiger partial charge in [-0.05, 0) is 37.7 Å². The van der Waals surface area contributed by atoms with Crippen molar-refractivity contribution in [3.05, 3.63) is 35.9 Å². The van der Waals surface area contributed by atoms with E-state index in [-0.39, 0.29) is 35.9 Å². The Hall–Kier alpha value is -1.35. The fourth-order valence-electron chi connectivity index (χ4n) is 4.21. The highest BCUT2D eigenvalue weighted by molar-refractivity contribution is 14.0. The number of benzene rings is 1. The summed E-state index contributed by atoms with van der Waals surface area (Å²) < 4.78 is 5.73. The molecule has 1 aliphatic carbocycles. The van der Waals surface area contributed by atoms with Crippen LogP contribution in [0.15, 0.2) is 35.3 Å². The molecule has 30 heavy (non-hydrogen) atoms. The van der Waals surface area contributed by atoms with Crippen LogP contribution >= 0.6 is 24.0 Å². The molecule has 1 aliphatic heterocycles. The maximum absolute atomic E-state index is 12.6. The number of aliphatic imine (C=N–C) groups is 1. The molecule has 1 saturated heterocycles. The van der Waals surface area contributed by atoms with Crippen molar-refractivity contribution in [2.45, 2.75) is 51.0 Å². The second-order valence-corrected chi connectivity index (χ2v) is 8.10. The van der Waals surface area contributed by atoms with Crippen LogP contribution in [-0.2, 0) is 16.0 Å². The molecular formula is C23H37IN4O2. The second kappa shape index (κ2) is 13.9. The Labute approximate surface area is 198 Å².